The van der Waals surface area contributed by atoms with Gasteiger partial charge in [-0.15, -0.1) is 0 Å². The van der Waals surface area contributed by atoms with Crippen LogP contribution in [0.3, 0.4) is 0 Å². The van der Waals surface area contributed by atoms with Gasteiger partial charge < -0.3 is 29.7 Å². The zero-order chi connectivity index (χ0) is 28.3. The van der Waals surface area contributed by atoms with Gasteiger partial charge in [-0.1, -0.05) is 36.4 Å². The maximum Gasteiger partial charge on any atom is 0.430 e. The standard InChI is InChI=1S/C27H31F4N3O5/c1-37-14-15-39-22-16-19(28)8-9-20(22)21-17-32-24(36)33-25(21)10-12-34(13-11-25)23(35)26(38-2,27(29,30)31)18-6-4-3-5-7-18/h3-9,16,21H,10-15,17H2,1-2H3,(H2,32,33,36)/t21?,26-/m1/s1. The first kappa shape index (κ1) is 28.6. The highest BCUT2D eigenvalue weighted by molar-refractivity contribution is 5.88. The number of nitrogens with one attached hydrogen (secondary N) is 2. The molecule has 2 aliphatic heterocycles. The fourth-order valence-electron chi connectivity index (χ4n) is 5.52. The van der Waals surface area contributed by atoms with Crippen LogP contribution in [0, 0.1) is 5.82 Å². The highest BCUT2D eigenvalue weighted by Gasteiger charge is 2.64. The number of alkyl halides is 3. The molecule has 1 spiro atoms. The van der Waals surface area contributed by atoms with Gasteiger partial charge in [-0.25, -0.2) is 9.18 Å². The highest BCUT2D eigenvalue weighted by Crippen LogP contribution is 2.46. The summed E-state index contributed by atoms with van der Waals surface area (Å²) in [4.78, 5) is 27.1. The van der Waals surface area contributed by atoms with Crippen molar-refractivity contribution in [3.63, 3.8) is 0 Å². The molecular weight excluding hydrogens is 522 g/mol. The van der Waals surface area contributed by atoms with E-state index in [1.807, 2.05) is 0 Å². The number of ether oxygens (including phenoxy) is 3. The Kier molecular flexibility index (Phi) is 8.36. The summed E-state index contributed by atoms with van der Waals surface area (Å²) in [5.74, 6) is -1.85. The molecule has 2 saturated heterocycles. The molecule has 212 valence electrons. The fraction of sp³-hybridized carbons (Fsp3) is 0.481. The molecule has 3 amide bonds. The van der Waals surface area contributed by atoms with Crippen molar-refractivity contribution in [3.8, 4) is 5.75 Å². The molecular formula is C27H31F4N3O5. The molecule has 2 aliphatic rings. The molecule has 0 aromatic heterocycles. The molecule has 12 heteroatoms. The summed E-state index contributed by atoms with van der Waals surface area (Å²) in [7, 11) is 2.38. The number of nitrogens with zero attached hydrogens (tertiary/aromatic N) is 1. The van der Waals surface area contributed by atoms with Crippen LogP contribution in [0.2, 0.25) is 0 Å². The van der Waals surface area contributed by atoms with Crippen molar-refractivity contribution in [1.82, 2.24) is 15.5 Å². The molecule has 0 radical (unpaired) electrons. The number of hydrogen-bond donors (Lipinski definition) is 2. The van der Waals surface area contributed by atoms with Crippen LogP contribution < -0.4 is 15.4 Å². The van der Waals surface area contributed by atoms with E-state index in [2.05, 4.69) is 10.6 Å². The van der Waals surface area contributed by atoms with Crippen LogP contribution in [0.15, 0.2) is 48.5 Å². The average molecular weight is 554 g/mol. The van der Waals surface area contributed by atoms with Crippen LogP contribution in [-0.2, 0) is 19.9 Å². The summed E-state index contributed by atoms with van der Waals surface area (Å²) in [6.07, 6.45) is -4.69. The van der Waals surface area contributed by atoms with E-state index in [-0.39, 0.29) is 57.0 Å². The van der Waals surface area contributed by atoms with E-state index in [1.54, 1.807) is 12.1 Å². The Labute approximate surface area is 223 Å². The van der Waals surface area contributed by atoms with Crippen molar-refractivity contribution in [1.29, 1.82) is 0 Å². The van der Waals surface area contributed by atoms with Crippen molar-refractivity contribution in [2.24, 2.45) is 0 Å². The largest absolute Gasteiger partial charge is 0.491 e. The number of hydrogen-bond acceptors (Lipinski definition) is 5. The van der Waals surface area contributed by atoms with Crippen LogP contribution in [-0.4, -0.2) is 75.6 Å². The quantitative estimate of drug-likeness (QED) is 0.385. The number of carbonyl (C=O) groups excluding carboxylic acids is 2. The molecule has 0 bridgehead atoms. The van der Waals surface area contributed by atoms with Crippen LogP contribution >= 0.6 is 0 Å². The van der Waals surface area contributed by atoms with Gasteiger partial charge in [-0.05, 0) is 18.9 Å². The van der Waals surface area contributed by atoms with Gasteiger partial charge >= 0.3 is 12.2 Å². The van der Waals surface area contributed by atoms with Crippen molar-refractivity contribution in [3.05, 3.63) is 65.5 Å². The van der Waals surface area contributed by atoms with Gasteiger partial charge in [-0.3, -0.25) is 4.79 Å². The predicted octanol–water partition coefficient (Wildman–Crippen LogP) is 3.71. The summed E-state index contributed by atoms with van der Waals surface area (Å²) >= 11 is 0. The SMILES string of the molecule is COCCOc1cc(F)ccc1C1CNC(=O)NC12CCN(C(=O)[C@](OC)(c1ccccc1)C(F)(F)F)CC2. The summed E-state index contributed by atoms with van der Waals surface area (Å²) < 4.78 is 73.2. The van der Waals surface area contributed by atoms with Crippen molar-refractivity contribution in [2.45, 2.75) is 36.1 Å². The van der Waals surface area contributed by atoms with Crippen LogP contribution in [0.5, 0.6) is 5.75 Å². The third kappa shape index (κ3) is 5.40. The third-order valence-electron chi connectivity index (χ3n) is 7.52. The van der Waals surface area contributed by atoms with Crippen molar-refractivity contribution in [2.75, 3.05) is 47.1 Å². The zero-order valence-corrected chi connectivity index (χ0v) is 21.6. The Balaban J connectivity index is 1.63. The number of amides is 3. The Hall–Kier alpha value is -3.38. The maximum absolute atomic E-state index is 14.5. The number of benzene rings is 2. The van der Waals surface area contributed by atoms with Gasteiger partial charge in [0, 0.05) is 57.0 Å². The highest BCUT2D eigenvalue weighted by atomic mass is 19.4. The number of piperidine rings is 1. The number of urea groups is 1. The Morgan fingerprint density at radius 1 is 1.08 bits per heavy atom. The van der Waals surface area contributed by atoms with Gasteiger partial charge in [0.1, 0.15) is 18.2 Å². The van der Waals surface area contributed by atoms with Gasteiger partial charge in [0.25, 0.3) is 11.5 Å². The third-order valence-corrected chi connectivity index (χ3v) is 7.52. The van der Waals surface area contributed by atoms with E-state index in [1.165, 1.54) is 43.5 Å². The summed E-state index contributed by atoms with van der Waals surface area (Å²) in [5, 5.41) is 5.69. The molecule has 8 nitrogen and oxygen atoms in total. The van der Waals surface area contributed by atoms with Gasteiger partial charge in [0.2, 0.25) is 0 Å². The lowest BCUT2D eigenvalue weighted by Gasteiger charge is -2.50. The Morgan fingerprint density at radius 2 is 1.77 bits per heavy atom. The minimum Gasteiger partial charge on any atom is -0.491 e. The van der Waals surface area contributed by atoms with Crippen LogP contribution in [0.25, 0.3) is 0 Å². The number of likely N-dealkylation sites (tertiary alicyclic amines) is 1. The van der Waals surface area contributed by atoms with E-state index in [4.69, 9.17) is 14.2 Å². The minimum atomic E-state index is -5.02. The molecule has 39 heavy (non-hydrogen) atoms. The second-order valence-corrected chi connectivity index (χ2v) is 9.61. The summed E-state index contributed by atoms with van der Waals surface area (Å²) in [6.45, 7) is 0.514. The normalized spacial score (nSPS) is 20.6. The van der Waals surface area contributed by atoms with Gasteiger partial charge in [-0.2, -0.15) is 13.2 Å². The number of halogens is 4. The van der Waals surface area contributed by atoms with Crippen LogP contribution in [0.1, 0.15) is 29.9 Å². The predicted molar refractivity (Wildman–Crippen MR) is 133 cm³/mol. The maximum atomic E-state index is 14.5. The molecule has 2 atom stereocenters. The zero-order valence-electron chi connectivity index (χ0n) is 21.6. The average Bonchev–Trinajstić information content (AvgIpc) is 2.90. The van der Waals surface area contributed by atoms with Crippen LogP contribution in [0.4, 0.5) is 22.4 Å². The Morgan fingerprint density at radius 3 is 2.38 bits per heavy atom. The van der Waals surface area contributed by atoms with E-state index < -0.39 is 41.0 Å². The first-order chi connectivity index (χ1) is 18.6. The molecule has 1 unspecified atom stereocenters. The smallest absolute Gasteiger partial charge is 0.430 e. The minimum absolute atomic E-state index is 0.0648. The van der Waals surface area contributed by atoms with E-state index in [0.29, 0.717) is 5.56 Å². The van der Waals surface area contributed by atoms with Gasteiger partial charge in [0.15, 0.2) is 0 Å². The summed E-state index contributed by atoms with van der Waals surface area (Å²) in [5.41, 5.74) is -3.76. The first-order valence-corrected chi connectivity index (χ1v) is 12.5. The Bertz CT molecular complexity index is 1170. The molecule has 0 saturated carbocycles. The molecule has 4 rings (SSSR count). The van der Waals surface area contributed by atoms with E-state index in [0.717, 1.165) is 12.0 Å². The molecule has 0 aliphatic carbocycles. The first-order valence-electron chi connectivity index (χ1n) is 12.5. The van der Waals surface area contributed by atoms with E-state index >= 15 is 0 Å². The lowest BCUT2D eigenvalue weighted by Crippen LogP contribution is -2.67. The molecule has 2 N–H and O–H groups in total. The summed E-state index contributed by atoms with van der Waals surface area (Å²) in [6, 6.07) is 10.5. The second-order valence-electron chi connectivity index (χ2n) is 9.61. The molecule has 2 fully saturated rings. The number of carbonyl (C=O) groups is 2. The molecule has 2 aromatic carbocycles. The number of rotatable bonds is 8. The lowest BCUT2D eigenvalue weighted by atomic mass is 9.71. The number of methoxy groups -OCH3 is 2. The lowest BCUT2D eigenvalue weighted by molar-refractivity contribution is -0.270. The fourth-order valence-corrected chi connectivity index (χ4v) is 5.52. The molecule has 2 heterocycles. The van der Waals surface area contributed by atoms with E-state index in [9.17, 15) is 27.2 Å². The van der Waals surface area contributed by atoms with Crippen molar-refractivity contribution >= 4 is 11.9 Å². The second kappa shape index (κ2) is 11.4. The van der Waals surface area contributed by atoms with Crippen molar-refractivity contribution < 1.29 is 41.4 Å². The monoisotopic (exact) mass is 553 g/mol. The van der Waals surface area contributed by atoms with Gasteiger partial charge in [0.05, 0.1) is 12.1 Å². The molecule has 2 aromatic rings. The topological polar surface area (TPSA) is 89.1 Å².